The van der Waals surface area contributed by atoms with E-state index in [1.807, 2.05) is 5.32 Å². The van der Waals surface area contributed by atoms with E-state index in [4.69, 9.17) is 5.11 Å². The van der Waals surface area contributed by atoms with Crippen LogP contribution < -0.4 is 5.32 Å². The van der Waals surface area contributed by atoms with Crippen LogP contribution in [0.4, 0.5) is 10.5 Å². The molecule has 0 aliphatic heterocycles. The molecule has 0 aliphatic rings. The molecule has 0 aliphatic carbocycles. The number of phenolic OH excluding ortho intramolecular Hbond substituents is 1. The maximum absolute atomic E-state index is 11.1. The number of aryl methyl sites for hydroxylation is 1. The van der Waals surface area contributed by atoms with Gasteiger partial charge in [0.25, 0.3) is 0 Å². The monoisotopic (exact) mass is 209 g/mol. The van der Waals surface area contributed by atoms with Crippen molar-refractivity contribution in [3.63, 3.8) is 0 Å². The first kappa shape index (κ1) is 11.0. The Bertz CT molecular complexity index is 426. The molecule has 3 N–H and O–H groups in total. The van der Waals surface area contributed by atoms with Crippen LogP contribution in [-0.4, -0.2) is 22.1 Å². The zero-order valence-electron chi connectivity index (χ0n) is 8.37. The molecule has 5 nitrogen and oxygen atoms in total. The molecular formula is C10H11NO4. The van der Waals surface area contributed by atoms with Gasteiger partial charge in [-0.15, -0.1) is 0 Å². The van der Waals surface area contributed by atoms with Crippen LogP contribution >= 0.6 is 0 Å². The molecule has 5 heteroatoms. The average Bonchev–Trinajstić information content (AvgIpc) is 2.09. The van der Waals surface area contributed by atoms with Gasteiger partial charge < -0.3 is 10.2 Å². The number of aromatic hydroxyl groups is 1. The third-order valence-corrected chi connectivity index (χ3v) is 1.88. The third-order valence-electron chi connectivity index (χ3n) is 1.88. The smallest absolute Gasteiger partial charge is 0.409 e. The van der Waals surface area contributed by atoms with Gasteiger partial charge in [-0.2, -0.15) is 0 Å². The summed E-state index contributed by atoms with van der Waals surface area (Å²) in [5.74, 6) is -0.653. The summed E-state index contributed by atoms with van der Waals surface area (Å²) in [7, 11) is 0. The summed E-state index contributed by atoms with van der Waals surface area (Å²) in [5, 5.41) is 20.1. The van der Waals surface area contributed by atoms with E-state index in [1.165, 1.54) is 19.1 Å². The third kappa shape index (κ3) is 2.46. The molecule has 0 fully saturated rings. The van der Waals surface area contributed by atoms with Gasteiger partial charge in [-0.25, -0.2) is 4.79 Å². The van der Waals surface area contributed by atoms with E-state index in [9.17, 15) is 14.7 Å². The van der Waals surface area contributed by atoms with Crippen molar-refractivity contribution >= 4 is 17.6 Å². The van der Waals surface area contributed by atoms with Crippen LogP contribution in [0.25, 0.3) is 0 Å². The molecule has 0 saturated carbocycles. The number of ketones is 1. The van der Waals surface area contributed by atoms with Crippen LogP contribution in [0.15, 0.2) is 12.1 Å². The molecule has 0 saturated heterocycles. The molecular weight excluding hydrogens is 198 g/mol. The zero-order valence-corrected chi connectivity index (χ0v) is 8.37. The maximum Gasteiger partial charge on any atom is 0.409 e. The van der Waals surface area contributed by atoms with Crippen LogP contribution in [-0.2, 0) is 0 Å². The SMILES string of the molecule is CC(=O)c1cc(C)cc(NC(=O)O)c1O. The minimum Gasteiger partial charge on any atom is -0.505 e. The molecule has 80 valence electrons. The molecule has 0 aromatic heterocycles. The van der Waals surface area contributed by atoms with Gasteiger partial charge in [0.15, 0.2) is 5.78 Å². The summed E-state index contributed by atoms with van der Waals surface area (Å²) in [6, 6.07) is 2.96. The summed E-state index contributed by atoms with van der Waals surface area (Å²) < 4.78 is 0. The van der Waals surface area contributed by atoms with E-state index in [-0.39, 0.29) is 22.8 Å². The number of carboxylic acid groups (broad SMARTS) is 1. The molecule has 0 radical (unpaired) electrons. The van der Waals surface area contributed by atoms with E-state index >= 15 is 0 Å². The molecule has 1 aromatic carbocycles. The molecule has 0 atom stereocenters. The fraction of sp³-hybridized carbons (Fsp3) is 0.200. The Hall–Kier alpha value is -2.04. The molecule has 15 heavy (non-hydrogen) atoms. The minimum atomic E-state index is -1.29. The first-order valence-corrected chi connectivity index (χ1v) is 4.26. The normalized spacial score (nSPS) is 9.73. The molecule has 0 spiro atoms. The molecule has 0 heterocycles. The number of rotatable bonds is 2. The second kappa shape index (κ2) is 4.00. The van der Waals surface area contributed by atoms with E-state index < -0.39 is 6.09 Å². The molecule has 1 aromatic rings. The fourth-order valence-electron chi connectivity index (χ4n) is 1.26. The van der Waals surface area contributed by atoms with Gasteiger partial charge >= 0.3 is 6.09 Å². The molecule has 1 amide bonds. The van der Waals surface area contributed by atoms with Crippen LogP contribution in [0, 0.1) is 6.92 Å². The number of phenols is 1. The van der Waals surface area contributed by atoms with Crippen LogP contribution in [0.3, 0.4) is 0 Å². The highest BCUT2D eigenvalue weighted by Gasteiger charge is 2.13. The number of nitrogens with one attached hydrogen (secondary N) is 1. The Morgan fingerprint density at radius 3 is 2.40 bits per heavy atom. The Labute approximate surface area is 86.4 Å². The number of Topliss-reactive ketones (excluding diaryl/α,β-unsaturated/α-hetero) is 1. The van der Waals surface area contributed by atoms with Crippen LogP contribution in [0.5, 0.6) is 5.75 Å². The lowest BCUT2D eigenvalue weighted by Gasteiger charge is -2.08. The first-order valence-electron chi connectivity index (χ1n) is 4.26. The number of carbonyl (C=O) groups excluding carboxylic acids is 1. The van der Waals surface area contributed by atoms with Gasteiger partial charge in [0, 0.05) is 0 Å². The summed E-state index contributed by atoms with van der Waals surface area (Å²) in [5.41, 5.74) is 0.827. The fourth-order valence-corrected chi connectivity index (χ4v) is 1.26. The van der Waals surface area contributed by atoms with Gasteiger partial charge in [-0.1, -0.05) is 0 Å². The van der Waals surface area contributed by atoms with Crippen molar-refractivity contribution in [3.8, 4) is 5.75 Å². The summed E-state index contributed by atoms with van der Waals surface area (Å²) >= 11 is 0. The first-order chi connectivity index (χ1) is 6.91. The van der Waals surface area contributed by atoms with E-state index in [0.717, 1.165) is 0 Å². The highest BCUT2D eigenvalue weighted by atomic mass is 16.4. The summed E-state index contributed by atoms with van der Waals surface area (Å²) in [4.78, 5) is 21.5. The van der Waals surface area contributed by atoms with Crippen molar-refractivity contribution in [2.24, 2.45) is 0 Å². The number of hydrogen-bond acceptors (Lipinski definition) is 3. The van der Waals surface area contributed by atoms with Gasteiger partial charge in [0.2, 0.25) is 0 Å². The molecule has 0 bridgehead atoms. The second-order valence-electron chi connectivity index (χ2n) is 3.19. The summed E-state index contributed by atoms with van der Waals surface area (Å²) in [6.07, 6.45) is -1.29. The van der Waals surface area contributed by atoms with Gasteiger partial charge in [-0.3, -0.25) is 10.1 Å². The van der Waals surface area contributed by atoms with E-state index in [2.05, 4.69) is 0 Å². The highest BCUT2D eigenvalue weighted by molar-refractivity contribution is 6.00. The van der Waals surface area contributed by atoms with Gasteiger partial charge in [0.05, 0.1) is 11.3 Å². The number of carbonyl (C=O) groups is 2. The second-order valence-corrected chi connectivity index (χ2v) is 3.19. The largest absolute Gasteiger partial charge is 0.505 e. The Morgan fingerprint density at radius 1 is 1.33 bits per heavy atom. The quantitative estimate of drug-likeness (QED) is 0.513. The number of amides is 1. The summed E-state index contributed by atoms with van der Waals surface area (Å²) in [6.45, 7) is 3.01. The van der Waals surface area contributed by atoms with E-state index in [0.29, 0.717) is 5.56 Å². The molecule has 0 unspecified atom stereocenters. The Balaban J connectivity index is 3.28. The Morgan fingerprint density at radius 2 is 1.93 bits per heavy atom. The van der Waals surface area contributed by atoms with Crippen molar-refractivity contribution < 1.29 is 19.8 Å². The van der Waals surface area contributed by atoms with Crippen molar-refractivity contribution in [2.45, 2.75) is 13.8 Å². The topological polar surface area (TPSA) is 86.6 Å². The standard InChI is InChI=1S/C10H11NO4/c1-5-3-7(6(2)12)9(13)8(4-5)11-10(14)15/h3-4,11,13H,1-2H3,(H,14,15). The number of benzene rings is 1. The van der Waals surface area contributed by atoms with Crippen molar-refractivity contribution in [3.05, 3.63) is 23.3 Å². The predicted octanol–water partition coefficient (Wildman–Crippen LogP) is 1.99. The Kier molecular flexibility index (Phi) is 2.94. The maximum atomic E-state index is 11.1. The van der Waals surface area contributed by atoms with Crippen LogP contribution in [0.1, 0.15) is 22.8 Å². The van der Waals surface area contributed by atoms with Crippen molar-refractivity contribution in [2.75, 3.05) is 5.32 Å². The van der Waals surface area contributed by atoms with Gasteiger partial charge in [0.1, 0.15) is 5.75 Å². The zero-order chi connectivity index (χ0) is 11.6. The molecule has 1 rings (SSSR count). The number of anilines is 1. The lowest BCUT2D eigenvalue weighted by atomic mass is 10.1. The lowest BCUT2D eigenvalue weighted by molar-refractivity contribution is 0.101. The van der Waals surface area contributed by atoms with Crippen molar-refractivity contribution in [1.82, 2.24) is 0 Å². The van der Waals surface area contributed by atoms with Crippen molar-refractivity contribution in [1.29, 1.82) is 0 Å². The minimum absolute atomic E-state index is 0.0210. The number of hydrogen-bond donors (Lipinski definition) is 3. The highest BCUT2D eigenvalue weighted by Crippen LogP contribution is 2.29. The van der Waals surface area contributed by atoms with E-state index in [1.54, 1.807) is 6.92 Å². The van der Waals surface area contributed by atoms with Gasteiger partial charge in [-0.05, 0) is 31.5 Å². The lowest BCUT2D eigenvalue weighted by Crippen LogP contribution is -2.09. The average molecular weight is 209 g/mol. The van der Waals surface area contributed by atoms with Crippen LogP contribution in [0.2, 0.25) is 0 Å². The predicted molar refractivity (Wildman–Crippen MR) is 54.5 cm³/mol.